The van der Waals surface area contributed by atoms with Gasteiger partial charge in [0.05, 0.1) is 12.5 Å². The maximum absolute atomic E-state index is 12.0. The van der Waals surface area contributed by atoms with Crippen LogP contribution in [0.4, 0.5) is 0 Å². The van der Waals surface area contributed by atoms with E-state index in [9.17, 15) is 4.79 Å². The van der Waals surface area contributed by atoms with Gasteiger partial charge in [-0.1, -0.05) is 36.8 Å². The fourth-order valence-corrected chi connectivity index (χ4v) is 2.71. The predicted octanol–water partition coefficient (Wildman–Crippen LogP) is 3.87. The first-order chi connectivity index (χ1) is 9.19. The largest absolute Gasteiger partial charge is 0.349 e. The lowest BCUT2D eigenvalue weighted by molar-refractivity contribution is -0.121. The number of carbonyl (C=O) groups excluding carboxylic acids is 1. The number of aryl methyl sites for hydroxylation is 1. The lowest BCUT2D eigenvalue weighted by Crippen LogP contribution is -2.29. The van der Waals surface area contributed by atoms with Crippen molar-refractivity contribution in [3.05, 3.63) is 57.8 Å². The van der Waals surface area contributed by atoms with Gasteiger partial charge in [0.2, 0.25) is 5.91 Å². The third-order valence-electron chi connectivity index (χ3n) is 3.17. The molecule has 2 nitrogen and oxygen atoms in total. The molecule has 0 aliphatic heterocycles. The summed E-state index contributed by atoms with van der Waals surface area (Å²) in [4.78, 5) is 12.0. The average Bonchev–Trinajstić information content (AvgIpc) is 2.90. The Kier molecular flexibility index (Phi) is 4.74. The molecule has 1 N–H and O–H groups in total. The van der Waals surface area contributed by atoms with Crippen LogP contribution in [-0.4, -0.2) is 5.91 Å². The first kappa shape index (κ1) is 13.8. The van der Waals surface area contributed by atoms with Crippen molar-refractivity contribution in [3.63, 3.8) is 0 Å². The number of nitrogens with one attached hydrogen (secondary N) is 1. The summed E-state index contributed by atoms with van der Waals surface area (Å²) in [5.74, 6) is 0.0887. The van der Waals surface area contributed by atoms with E-state index in [2.05, 4.69) is 43.4 Å². The van der Waals surface area contributed by atoms with Crippen LogP contribution in [0.15, 0.2) is 41.1 Å². The summed E-state index contributed by atoms with van der Waals surface area (Å²) >= 11 is 1.62. The summed E-state index contributed by atoms with van der Waals surface area (Å²) in [7, 11) is 0. The van der Waals surface area contributed by atoms with Crippen molar-refractivity contribution in [2.45, 2.75) is 32.7 Å². The second kappa shape index (κ2) is 6.53. The quantitative estimate of drug-likeness (QED) is 0.880. The molecule has 1 heterocycles. The van der Waals surface area contributed by atoms with E-state index in [1.54, 1.807) is 11.3 Å². The number of hydrogen-bond acceptors (Lipinski definition) is 2. The van der Waals surface area contributed by atoms with Gasteiger partial charge in [0.1, 0.15) is 0 Å². The molecule has 0 fully saturated rings. The Morgan fingerprint density at radius 1 is 1.26 bits per heavy atom. The number of carbonyl (C=O) groups is 1. The Hall–Kier alpha value is -1.61. The highest BCUT2D eigenvalue weighted by Crippen LogP contribution is 2.17. The Balaban J connectivity index is 1.98. The Labute approximate surface area is 118 Å². The molecule has 0 spiro atoms. The average molecular weight is 273 g/mol. The zero-order chi connectivity index (χ0) is 13.7. The predicted molar refractivity (Wildman–Crippen MR) is 80.4 cm³/mol. The molecule has 0 aliphatic rings. The Bertz CT molecular complexity index is 516. The van der Waals surface area contributed by atoms with Gasteiger partial charge < -0.3 is 5.32 Å². The van der Waals surface area contributed by atoms with Gasteiger partial charge in [-0.3, -0.25) is 4.79 Å². The SMILES string of the molecule is CCC(NC(=O)Cc1ccsc1)c1ccc(C)cc1. The third-order valence-corrected chi connectivity index (χ3v) is 3.90. The molecule has 0 bridgehead atoms. The molecule has 1 unspecified atom stereocenters. The molecule has 0 saturated carbocycles. The van der Waals surface area contributed by atoms with E-state index in [0.717, 1.165) is 12.0 Å². The summed E-state index contributed by atoms with van der Waals surface area (Å²) in [6, 6.07) is 10.5. The van der Waals surface area contributed by atoms with Crippen LogP contribution in [0.5, 0.6) is 0 Å². The van der Waals surface area contributed by atoms with Crippen LogP contribution in [0.1, 0.15) is 36.1 Å². The second-order valence-corrected chi connectivity index (χ2v) is 5.53. The van der Waals surface area contributed by atoms with Gasteiger partial charge >= 0.3 is 0 Å². The summed E-state index contributed by atoms with van der Waals surface area (Å²) < 4.78 is 0. The van der Waals surface area contributed by atoms with Crippen molar-refractivity contribution in [1.29, 1.82) is 0 Å². The van der Waals surface area contributed by atoms with Crippen LogP contribution in [0.3, 0.4) is 0 Å². The highest BCUT2D eigenvalue weighted by Gasteiger charge is 2.12. The fraction of sp³-hybridized carbons (Fsp3) is 0.312. The molecule has 1 amide bonds. The van der Waals surface area contributed by atoms with Gasteiger partial charge in [-0.05, 0) is 41.3 Å². The number of benzene rings is 1. The van der Waals surface area contributed by atoms with Crippen molar-refractivity contribution in [3.8, 4) is 0 Å². The lowest BCUT2D eigenvalue weighted by Gasteiger charge is -2.17. The zero-order valence-corrected chi connectivity index (χ0v) is 12.2. The van der Waals surface area contributed by atoms with Gasteiger partial charge in [-0.25, -0.2) is 0 Å². The molecule has 1 atom stereocenters. The Morgan fingerprint density at radius 3 is 2.58 bits per heavy atom. The second-order valence-electron chi connectivity index (χ2n) is 4.75. The molecule has 2 rings (SSSR count). The van der Waals surface area contributed by atoms with Gasteiger partial charge in [-0.15, -0.1) is 0 Å². The first-order valence-corrected chi connectivity index (χ1v) is 7.50. The van der Waals surface area contributed by atoms with Crippen molar-refractivity contribution in [2.75, 3.05) is 0 Å². The van der Waals surface area contributed by atoms with Crippen molar-refractivity contribution < 1.29 is 4.79 Å². The Morgan fingerprint density at radius 2 is 2.00 bits per heavy atom. The van der Waals surface area contributed by atoms with Crippen LogP contribution >= 0.6 is 11.3 Å². The van der Waals surface area contributed by atoms with E-state index < -0.39 is 0 Å². The number of hydrogen-bond donors (Lipinski definition) is 1. The van der Waals surface area contributed by atoms with E-state index in [-0.39, 0.29) is 11.9 Å². The maximum Gasteiger partial charge on any atom is 0.224 e. The number of rotatable bonds is 5. The molecule has 1 aromatic heterocycles. The maximum atomic E-state index is 12.0. The van der Waals surface area contributed by atoms with Gasteiger partial charge in [0.25, 0.3) is 0 Å². The number of thiophene rings is 1. The van der Waals surface area contributed by atoms with E-state index in [1.165, 1.54) is 11.1 Å². The van der Waals surface area contributed by atoms with Crippen molar-refractivity contribution in [1.82, 2.24) is 5.32 Å². The minimum absolute atomic E-state index is 0.0887. The molecular formula is C16H19NOS. The molecule has 2 aromatic rings. The monoisotopic (exact) mass is 273 g/mol. The fourth-order valence-electron chi connectivity index (χ4n) is 2.04. The number of amides is 1. The van der Waals surface area contributed by atoms with Crippen molar-refractivity contribution >= 4 is 17.2 Å². The van der Waals surface area contributed by atoms with Gasteiger partial charge in [0, 0.05) is 0 Å². The van der Waals surface area contributed by atoms with Gasteiger partial charge in [0.15, 0.2) is 0 Å². The molecule has 19 heavy (non-hydrogen) atoms. The van der Waals surface area contributed by atoms with E-state index >= 15 is 0 Å². The normalized spacial score (nSPS) is 12.1. The first-order valence-electron chi connectivity index (χ1n) is 6.56. The molecule has 0 saturated heterocycles. The topological polar surface area (TPSA) is 29.1 Å². The molecular weight excluding hydrogens is 254 g/mol. The highest BCUT2D eigenvalue weighted by atomic mass is 32.1. The van der Waals surface area contributed by atoms with Crippen LogP contribution in [0, 0.1) is 6.92 Å². The summed E-state index contributed by atoms with van der Waals surface area (Å²) in [5.41, 5.74) is 3.50. The molecule has 100 valence electrons. The molecule has 1 aromatic carbocycles. The zero-order valence-electron chi connectivity index (χ0n) is 11.3. The summed E-state index contributed by atoms with van der Waals surface area (Å²) in [5, 5.41) is 7.13. The van der Waals surface area contributed by atoms with Gasteiger partial charge in [-0.2, -0.15) is 11.3 Å². The molecule has 0 radical (unpaired) electrons. The minimum Gasteiger partial charge on any atom is -0.349 e. The highest BCUT2D eigenvalue weighted by molar-refractivity contribution is 7.07. The van der Waals surface area contributed by atoms with Crippen LogP contribution in [-0.2, 0) is 11.2 Å². The van der Waals surface area contributed by atoms with Crippen LogP contribution in [0.2, 0.25) is 0 Å². The summed E-state index contributed by atoms with van der Waals surface area (Å²) in [6.45, 7) is 4.16. The van der Waals surface area contributed by atoms with Crippen LogP contribution < -0.4 is 5.32 Å². The smallest absolute Gasteiger partial charge is 0.224 e. The summed E-state index contributed by atoms with van der Waals surface area (Å²) in [6.07, 6.45) is 1.37. The van der Waals surface area contributed by atoms with Crippen molar-refractivity contribution in [2.24, 2.45) is 0 Å². The van der Waals surface area contributed by atoms with E-state index in [1.807, 2.05) is 16.8 Å². The van der Waals surface area contributed by atoms with E-state index in [4.69, 9.17) is 0 Å². The van der Waals surface area contributed by atoms with Crippen LogP contribution in [0.25, 0.3) is 0 Å². The standard InChI is InChI=1S/C16H19NOS/c1-3-15(14-6-4-12(2)5-7-14)17-16(18)10-13-8-9-19-11-13/h4-9,11,15H,3,10H2,1-2H3,(H,17,18). The third kappa shape index (κ3) is 3.93. The van der Waals surface area contributed by atoms with E-state index in [0.29, 0.717) is 6.42 Å². The molecule has 3 heteroatoms. The lowest BCUT2D eigenvalue weighted by atomic mass is 10.0. The minimum atomic E-state index is 0.0887. The molecule has 0 aliphatic carbocycles.